The predicted octanol–water partition coefficient (Wildman–Crippen LogP) is 3.73. The second-order valence-electron chi connectivity index (χ2n) is 7.55. The molecule has 0 radical (unpaired) electrons. The van der Waals surface area contributed by atoms with Crippen LogP contribution in [0.15, 0.2) is 52.9 Å². The monoisotopic (exact) mass is 421 g/mol. The summed E-state index contributed by atoms with van der Waals surface area (Å²) in [6.45, 7) is 6.99. The van der Waals surface area contributed by atoms with Crippen molar-refractivity contribution in [2.45, 2.75) is 19.9 Å². The van der Waals surface area contributed by atoms with Gasteiger partial charge in [-0.25, -0.2) is 0 Å². The number of ketones is 1. The first-order valence-corrected chi connectivity index (χ1v) is 10.1. The predicted molar refractivity (Wildman–Crippen MR) is 115 cm³/mol. The molecule has 0 spiro atoms. The molecule has 1 aliphatic heterocycles. The Morgan fingerprint density at radius 2 is 1.68 bits per heavy atom. The molecule has 0 N–H and O–H groups in total. The van der Waals surface area contributed by atoms with Gasteiger partial charge in [-0.1, -0.05) is 0 Å². The number of carbonyl (C=O) groups excluding carboxylic acids is 1. The largest absolute Gasteiger partial charge is 0.419 e. The average molecular weight is 421 g/mol. The molecule has 4 rings (SSSR count). The molecule has 1 saturated heterocycles. The van der Waals surface area contributed by atoms with E-state index in [2.05, 4.69) is 20.0 Å². The minimum atomic E-state index is -0.442. The SMILES string of the molecule is CC(=O)c1ccc(N2CCN([C@H](C)c3nnc(-c4ccc([N+](=O)[O-])cc4)o3)CC2)cc1. The van der Waals surface area contributed by atoms with Crippen LogP contribution in [0.2, 0.25) is 0 Å². The molecule has 31 heavy (non-hydrogen) atoms. The van der Waals surface area contributed by atoms with Crippen molar-refractivity contribution in [1.29, 1.82) is 0 Å². The summed E-state index contributed by atoms with van der Waals surface area (Å²) in [4.78, 5) is 26.4. The maximum atomic E-state index is 11.5. The van der Waals surface area contributed by atoms with Crippen LogP contribution in [0.4, 0.5) is 11.4 Å². The van der Waals surface area contributed by atoms with Crippen LogP contribution in [-0.4, -0.2) is 52.0 Å². The van der Waals surface area contributed by atoms with E-state index in [9.17, 15) is 14.9 Å². The van der Waals surface area contributed by atoms with E-state index in [0.717, 1.165) is 37.4 Å². The summed E-state index contributed by atoms with van der Waals surface area (Å²) < 4.78 is 5.85. The summed E-state index contributed by atoms with van der Waals surface area (Å²) in [6, 6.07) is 13.7. The number of carbonyl (C=O) groups is 1. The van der Waals surface area contributed by atoms with Gasteiger partial charge in [0.15, 0.2) is 5.78 Å². The van der Waals surface area contributed by atoms with Crippen LogP contribution in [0, 0.1) is 10.1 Å². The fourth-order valence-corrected chi connectivity index (χ4v) is 3.68. The van der Waals surface area contributed by atoms with E-state index in [1.54, 1.807) is 19.1 Å². The summed E-state index contributed by atoms with van der Waals surface area (Å²) in [5, 5.41) is 19.1. The number of nitro benzene ring substituents is 1. The maximum Gasteiger partial charge on any atom is 0.269 e. The Morgan fingerprint density at radius 1 is 1.03 bits per heavy atom. The molecule has 0 unspecified atom stereocenters. The first-order chi connectivity index (χ1) is 14.9. The molecule has 2 heterocycles. The highest BCUT2D eigenvalue weighted by Crippen LogP contribution is 2.27. The second kappa shape index (κ2) is 8.65. The lowest BCUT2D eigenvalue weighted by molar-refractivity contribution is -0.384. The molecule has 0 bridgehead atoms. The zero-order chi connectivity index (χ0) is 22.0. The number of non-ortho nitro benzene ring substituents is 1. The average Bonchev–Trinajstić information content (AvgIpc) is 3.29. The first-order valence-electron chi connectivity index (χ1n) is 10.1. The van der Waals surface area contributed by atoms with Crippen molar-refractivity contribution in [3.63, 3.8) is 0 Å². The molecule has 2 aromatic carbocycles. The Morgan fingerprint density at radius 3 is 2.26 bits per heavy atom. The van der Waals surface area contributed by atoms with Crippen LogP contribution in [-0.2, 0) is 0 Å². The van der Waals surface area contributed by atoms with E-state index in [1.807, 2.05) is 31.2 Å². The number of rotatable bonds is 6. The number of Topliss-reactive ketones (excluding diaryl/α,β-unsaturated/α-hetero) is 1. The van der Waals surface area contributed by atoms with Crippen molar-refractivity contribution in [3.8, 4) is 11.5 Å². The van der Waals surface area contributed by atoms with Crippen molar-refractivity contribution in [3.05, 3.63) is 70.1 Å². The third-order valence-corrected chi connectivity index (χ3v) is 5.62. The highest BCUT2D eigenvalue weighted by atomic mass is 16.6. The minimum absolute atomic E-state index is 0.0191. The van der Waals surface area contributed by atoms with E-state index < -0.39 is 4.92 Å². The number of nitrogens with zero attached hydrogens (tertiary/aromatic N) is 5. The lowest BCUT2D eigenvalue weighted by Gasteiger charge is -2.38. The Labute approximate surface area is 179 Å². The molecule has 0 amide bonds. The lowest BCUT2D eigenvalue weighted by Crippen LogP contribution is -2.47. The van der Waals surface area contributed by atoms with Gasteiger partial charge < -0.3 is 9.32 Å². The highest BCUT2D eigenvalue weighted by Gasteiger charge is 2.26. The Kier molecular flexibility index (Phi) is 5.77. The lowest BCUT2D eigenvalue weighted by atomic mass is 10.1. The molecule has 1 atom stereocenters. The standard InChI is InChI=1S/C22H23N5O4/c1-15(21-23-24-22(31-21)18-5-9-20(10-6-18)27(29)30)25-11-13-26(14-12-25)19-7-3-17(4-8-19)16(2)28/h3-10,15H,11-14H2,1-2H3/t15-/m1/s1. The van der Waals surface area contributed by atoms with Crippen molar-refractivity contribution >= 4 is 17.2 Å². The van der Waals surface area contributed by atoms with E-state index in [0.29, 0.717) is 17.3 Å². The molecule has 9 nitrogen and oxygen atoms in total. The second-order valence-corrected chi connectivity index (χ2v) is 7.55. The van der Waals surface area contributed by atoms with Gasteiger partial charge in [0.2, 0.25) is 11.8 Å². The van der Waals surface area contributed by atoms with Gasteiger partial charge in [0.05, 0.1) is 11.0 Å². The molecule has 160 valence electrons. The summed E-state index contributed by atoms with van der Waals surface area (Å²) in [6.07, 6.45) is 0. The smallest absolute Gasteiger partial charge is 0.269 e. The normalized spacial score (nSPS) is 15.6. The number of benzene rings is 2. The number of nitro groups is 1. The van der Waals surface area contributed by atoms with Gasteiger partial charge in [0.25, 0.3) is 5.69 Å². The summed E-state index contributed by atoms with van der Waals surface area (Å²) >= 11 is 0. The number of piperazine rings is 1. The number of aromatic nitrogens is 2. The van der Waals surface area contributed by atoms with Gasteiger partial charge in [-0.05, 0) is 50.2 Å². The molecular weight excluding hydrogens is 398 g/mol. The molecule has 1 aliphatic rings. The van der Waals surface area contributed by atoms with Gasteiger partial charge in [0.1, 0.15) is 0 Å². The van der Waals surface area contributed by atoms with Crippen molar-refractivity contribution in [1.82, 2.24) is 15.1 Å². The minimum Gasteiger partial charge on any atom is -0.419 e. The third-order valence-electron chi connectivity index (χ3n) is 5.62. The van der Waals surface area contributed by atoms with E-state index in [-0.39, 0.29) is 17.5 Å². The fraction of sp³-hybridized carbons (Fsp3) is 0.318. The van der Waals surface area contributed by atoms with Crippen molar-refractivity contribution < 1.29 is 14.1 Å². The molecule has 0 saturated carbocycles. The van der Waals surface area contributed by atoms with Crippen LogP contribution in [0.3, 0.4) is 0 Å². The summed E-state index contributed by atoms with van der Waals surface area (Å²) in [5.74, 6) is 0.936. The Hall–Kier alpha value is -3.59. The van der Waals surface area contributed by atoms with Crippen LogP contribution < -0.4 is 4.90 Å². The highest BCUT2D eigenvalue weighted by molar-refractivity contribution is 5.94. The topological polar surface area (TPSA) is 106 Å². The summed E-state index contributed by atoms with van der Waals surface area (Å²) in [7, 11) is 0. The van der Waals surface area contributed by atoms with E-state index in [1.165, 1.54) is 12.1 Å². The molecule has 1 fully saturated rings. The Bertz CT molecular complexity index is 1070. The van der Waals surface area contributed by atoms with Crippen LogP contribution in [0.25, 0.3) is 11.5 Å². The van der Waals surface area contributed by atoms with Gasteiger partial charge in [-0.3, -0.25) is 19.8 Å². The van der Waals surface area contributed by atoms with Crippen LogP contribution in [0.5, 0.6) is 0 Å². The van der Waals surface area contributed by atoms with Crippen molar-refractivity contribution in [2.75, 3.05) is 31.1 Å². The number of hydrogen-bond donors (Lipinski definition) is 0. The van der Waals surface area contributed by atoms with Gasteiger partial charge in [0, 0.05) is 55.1 Å². The van der Waals surface area contributed by atoms with E-state index in [4.69, 9.17) is 4.42 Å². The Balaban J connectivity index is 1.38. The van der Waals surface area contributed by atoms with Gasteiger partial charge in [-0.15, -0.1) is 10.2 Å². The number of hydrogen-bond acceptors (Lipinski definition) is 8. The van der Waals surface area contributed by atoms with Crippen molar-refractivity contribution in [2.24, 2.45) is 0 Å². The fourth-order valence-electron chi connectivity index (χ4n) is 3.68. The van der Waals surface area contributed by atoms with Gasteiger partial charge >= 0.3 is 0 Å². The van der Waals surface area contributed by atoms with Crippen LogP contribution >= 0.6 is 0 Å². The summed E-state index contributed by atoms with van der Waals surface area (Å²) in [5.41, 5.74) is 2.49. The quantitative estimate of drug-likeness (QED) is 0.337. The van der Waals surface area contributed by atoms with Crippen LogP contribution in [0.1, 0.15) is 36.1 Å². The molecular formula is C22H23N5O4. The zero-order valence-corrected chi connectivity index (χ0v) is 17.4. The maximum absolute atomic E-state index is 11.5. The van der Waals surface area contributed by atoms with Gasteiger partial charge in [-0.2, -0.15) is 0 Å². The molecule has 3 aromatic rings. The number of anilines is 1. The molecule has 1 aromatic heterocycles. The molecule has 0 aliphatic carbocycles. The molecule has 9 heteroatoms. The first kappa shape index (κ1) is 20.7. The third kappa shape index (κ3) is 4.46. The van der Waals surface area contributed by atoms with E-state index >= 15 is 0 Å². The zero-order valence-electron chi connectivity index (χ0n) is 17.4.